The Morgan fingerprint density at radius 1 is 1.67 bits per heavy atom. The van der Waals surface area contributed by atoms with E-state index in [4.69, 9.17) is 5.11 Å². The second-order valence-corrected chi connectivity index (χ2v) is 2.71. The molecule has 0 bridgehead atoms. The first-order valence-corrected chi connectivity index (χ1v) is 3.85. The third-order valence-electron chi connectivity index (χ3n) is 1.27. The number of aliphatic carboxylic acids is 1. The highest BCUT2D eigenvalue weighted by Gasteiger charge is 2.06. The van der Waals surface area contributed by atoms with Gasteiger partial charge in [-0.15, -0.1) is 12.6 Å². The smallest absolute Gasteiger partial charge is 0.354 e. The molecule has 0 spiro atoms. The number of allylic oxidation sites excluding steroid dienone is 1. The fraction of sp³-hybridized carbons (Fsp3) is 0.286. The number of carboxylic acids is 1. The normalized spacial score (nSPS) is 28.8. The number of carboxylic acid groups (broad SMARTS) is 1. The Balaban J connectivity index is 2.92. The molecular weight excluding hydrogens is 176 g/mol. The lowest BCUT2D eigenvalue weighted by Crippen LogP contribution is -2.03. The molecule has 4 nitrogen and oxygen atoms in total. The lowest BCUT2D eigenvalue weighted by Gasteiger charge is -2.00. The van der Waals surface area contributed by atoms with E-state index in [0.29, 0.717) is 18.0 Å². The molecule has 5 heteroatoms. The summed E-state index contributed by atoms with van der Waals surface area (Å²) in [6.45, 7) is 0.603. The Morgan fingerprint density at radius 3 is 3.08 bits per heavy atom. The Bertz CT molecular complexity index is 281. The molecule has 0 aliphatic carbocycles. The van der Waals surface area contributed by atoms with Crippen LogP contribution >= 0.6 is 12.6 Å². The summed E-state index contributed by atoms with van der Waals surface area (Å²) in [5, 5.41) is 9.10. The van der Waals surface area contributed by atoms with Crippen molar-refractivity contribution < 1.29 is 9.90 Å². The second-order valence-electron chi connectivity index (χ2n) is 2.19. The first kappa shape index (κ1) is 8.99. The van der Waals surface area contributed by atoms with Crippen LogP contribution in [-0.4, -0.2) is 28.9 Å². The highest BCUT2D eigenvalue weighted by molar-refractivity contribution is 7.97. The lowest BCUT2D eigenvalue weighted by molar-refractivity contribution is -0.132. The molecule has 1 aliphatic rings. The SMILES string of the molecule is O=C(O)C1=C/C=N\CC/C(S)=N\1. The monoisotopic (exact) mass is 184 g/mol. The zero-order valence-electron chi connectivity index (χ0n) is 6.27. The summed E-state index contributed by atoms with van der Waals surface area (Å²) in [7, 11) is 0. The van der Waals surface area contributed by atoms with Crippen molar-refractivity contribution in [2.75, 3.05) is 6.54 Å². The average molecular weight is 184 g/mol. The number of carbonyl (C=O) groups is 1. The minimum absolute atomic E-state index is 0.0246. The molecule has 0 aromatic heterocycles. The highest BCUT2D eigenvalue weighted by atomic mass is 32.1. The fourth-order valence-corrected chi connectivity index (χ4v) is 0.921. The molecule has 0 radical (unpaired) electrons. The molecule has 1 N–H and O–H groups in total. The van der Waals surface area contributed by atoms with Gasteiger partial charge in [0.1, 0.15) is 0 Å². The molecule has 0 unspecified atom stereocenters. The molecule has 0 atom stereocenters. The molecule has 1 aliphatic heterocycles. The fourth-order valence-electron chi connectivity index (χ4n) is 0.714. The first-order valence-electron chi connectivity index (χ1n) is 3.40. The van der Waals surface area contributed by atoms with Gasteiger partial charge in [-0.2, -0.15) is 0 Å². The summed E-state index contributed by atoms with van der Waals surface area (Å²) in [6, 6.07) is 0. The van der Waals surface area contributed by atoms with E-state index in [1.54, 1.807) is 0 Å². The van der Waals surface area contributed by atoms with Gasteiger partial charge in [-0.25, -0.2) is 9.79 Å². The molecule has 0 aromatic rings. The molecule has 1 rings (SSSR count). The lowest BCUT2D eigenvalue weighted by atomic mass is 10.3. The predicted octanol–water partition coefficient (Wildman–Crippen LogP) is 0.758. The van der Waals surface area contributed by atoms with Gasteiger partial charge in [0.05, 0.1) is 5.04 Å². The number of hydrogen-bond donors (Lipinski definition) is 2. The molecule has 0 saturated carbocycles. The summed E-state index contributed by atoms with van der Waals surface area (Å²) in [4.78, 5) is 18.2. The zero-order chi connectivity index (χ0) is 8.97. The molecule has 1 heterocycles. The third-order valence-corrected chi connectivity index (χ3v) is 1.59. The van der Waals surface area contributed by atoms with Crippen LogP contribution in [-0.2, 0) is 4.79 Å². The molecule has 12 heavy (non-hydrogen) atoms. The Hall–Kier alpha value is -1.10. The van der Waals surface area contributed by atoms with Gasteiger partial charge >= 0.3 is 5.97 Å². The van der Waals surface area contributed by atoms with E-state index in [1.165, 1.54) is 12.3 Å². The number of aliphatic imine (C=N–C) groups is 2. The van der Waals surface area contributed by atoms with Gasteiger partial charge in [-0.3, -0.25) is 4.99 Å². The number of nitrogens with zero attached hydrogens (tertiary/aromatic N) is 2. The van der Waals surface area contributed by atoms with Gasteiger partial charge in [-0.1, -0.05) is 0 Å². The largest absolute Gasteiger partial charge is 0.477 e. The average Bonchev–Trinajstić information content (AvgIpc) is 1.95. The number of thiol groups is 1. The maximum atomic E-state index is 10.5. The van der Waals surface area contributed by atoms with Crippen molar-refractivity contribution in [3.05, 3.63) is 11.8 Å². The molecular formula is C7H8N2O2S. The summed E-state index contributed by atoms with van der Waals surface area (Å²) in [5.41, 5.74) is -0.0246. The van der Waals surface area contributed by atoms with Crippen LogP contribution in [0.5, 0.6) is 0 Å². The van der Waals surface area contributed by atoms with Crippen molar-refractivity contribution in [1.82, 2.24) is 0 Å². The predicted molar refractivity (Wildman–Crippen MR) is 50.1 cm³/mol. The van der Waals surface area contributed by atoms with Gasteiger partial charge in [0.25, 0.3) is 0 Å². The van der Waals surface area contributed by atoms with E-state index < -0.39 is 5.97 Å². The third kappa shape index (κ3) is 2.50. The van der Waals surface area contributed by atoms with Crippen molar-refractivity contribution in [2.24, 2.45) is 9.98 Å². The summed E-state index contributed by atoms with van der Waals surface area (Å²) < 4.78 is 0. The van der Waals surface area contributed by atoms with Crippen LogP contribution < -0.4 is 0 Å². The maximum Gasteiger partial charge on any atom is 0.354 e. The van der Waals surface area contributed by atoms with Gasteiger partial charge in [0, 0.05) is 19.2 Å². The molecule has 0 fully saturated rings. The Kier molecular flexibility index (Phi) is 3.04. The Morgan fingerprint density at radius 2 is 2.42 bits per heavy atom. The van der Waals surface area contributed by atoms with Crippen LogP contribution in [0.4, 0.5) is 0 Å². The topological polar surface area (TPSA) is 62.0 Å². The number of hydrogen-bond acceptors (Lipinski definition) is 3. The minimum Gasteiger partial charge on any atom is -0.477 e. The van der Waals surface area contributed by atoms with E-state index in [1.807, 2.05) is 0 Å². The zero-order valence-corrected chi connectivity index (χ0v) is 7.16. The minimum atomic E-state index is -1.06. The van der Waals surface area contributed by atoms with E-state index in [0.717, 1.165) is 0 Å². The van der Waals surface area contributed by atoms with E-state index in [-0.39, 0.29) is 5.70 Å². The quantitative estimate of drug-likeness (QED) is 0.591. The second kappa shape index (κ2) is 4.06. The van der Waals surface area contributed by atoms with Crippen LogP contribution in [0.25, 0.3) is 0 Å². The molecule has 0 aromatic carbocycles. The van der Waals surface area contributed by atoms with Crippen molar-refractivity contribution >= 4 is 29.9 Å². The standard InChI is InChI=1S/C7H8N2O2S/c10-7(11)5-1-3-8-4-2-6(12)9-5/h1,3H,2,4H2,(H,9,12)(H,10,11)/b5-1-,8-3-. The molecule has 0 amide bonds. The van der Waals surface area contributed by atoms with Gasteiger partial charge in [0.2, 0.25) is 0 Å². The van der Waals surface area contributed by atoms with E-state index >= 15 is 0 Å². The van der Waals surface area contributed by atoms with Crippen LogP contribution in [0.3, 0.4) is 0 Å². The van der Waals surface area contributed by atoms with Gasteiger partial charge in [0.15, 0.2) is 5.70 Å². The number of rotatable bonds is 1. The summed E-state index contributed by atoms with van der Waals surface area (Å²) in [5.74, 6) is -1.06. The van der Waals surface area contributed by atoms with E-state index in [9.17, 15) is 4.79 Å². The van der Waals surface area contributed by atoms with E-state index in [2.05, 4.69) is 22.6 Å². The van der Waals surface area contributed by atoms with Crippen LogP contribution in [0, 0.1) is 0 Å². The van der Waals surface area contributed by atoms with Crippen LogP contribution in [0.1, 0.15) is 6.42 Å². The molecule has 0 saturated heterocycles. The van der Waals surface area contributed by atoms with Crippen molar-refractivity contribution in [1.29, 1.82) is 0 Å². The molecule has 64 valence electrons. The summed E-state index contributed by atoms with van der Waals surface area (Å²) in [6.07, 6.45) is 3.40. The van der Waals surface area contributed by atoms with Gasteiger partial charge < -0.3 is 5.11 Å². The van der Waals surface area contributed by atoms with Crippen LogP contribution in [0.2, 0.25) is 0 Å². The van der Waals surface area contributed by atoms with Gasteiger partial charge in [-0.05, 0) is 6.08 Å². The highest BCUT2D eigenvalue weighted by Crippen LogP contribution is 2.04. The maximum absolute atomic E-state index is 10.5. The van der Waals surface area contributed by atoms with Crippen molar-refractivity contribution in [2.45, 2.75) is 6.42 Å². The Labute approximate surface area is 75.1 Å². The van der Waals surface area contributed by atoms with Crippen molar-refractivity contribution in [3.63, 3.8) is 0 Å². The van der Waals surface area contributed by atoms with Crippen LogP contribution in [0.15, 0.2) is 21.8 Å². The summed E-state index contributed by atoms with van der Waals surface area (Å²) >= 11 is 4.00. The first-order chi connectivity index (χ1) is 5.70. The van der Waals surface area contributed by atoms with Crippen molar-refractivity contribution in [3.8, 4) is 0 Å².